The number of halogens is 10. The number of alkyl halides is 10. The lowest BCUT2D eigenvalue weighted by molar-refractivity contribution is -0.499. The molecule has 230 valence electrons. The van der Waals surface area contributed by atoms with Gasteiger partial charge in [-0.15, -0.1) is 0 Å². The molecule has 0 saturated heterocycles. The molecule has 0 aliphatic rings. The third-order valence-corrected chi connectivity index (χ3v) is 12.3. The lowest BCUT2D eigenvalue weighted by Crippen LogP contribution is -2.61. The summed E-state index contributed by atoms with van der Waals surface area (Å²) in [6.45, 7) is 2.98. The molecule has 3 atom stereocenters. The van der Waals surface area contributed by atoms with Gasteiger partial charge in [0.1, 0.15) is 0 Å². The Kier molecular flexibility index (Phi) is 13.7. The summed E-state index contributed by atoms with van der Waals surface area (Å²) >= 11 is 0. The Balaban J connectivity index is 5.91. The lowest BCUT2D eigenvalue weighted by Gasteiger charge is -2.37. The van der Waals surface area contributed by atoms with E-state index in [-0.39, 0.29) is 19.1 Å². The van der Waals surface area contributed by atoms with E-state index in [1.165, 1.54) is 28.4 Å². The van der Waals surface area contributed by atoms with E-state index in [1.54, 1.807) is 0 Å². The van der Waals surface area contributed by atoms with Crippen molar-refractivity contribution in [2.24, 2.45) is 0 Å². The third-order valence-electron chi connectivity index (χ3n) is 5.79. The number of methoxy groups -OCH3 is 1. The summed E-state index contributed by atoms with van der Waals surface area (Å²) < 4.78 is 162. The first-order chi connectivity index (χ1) is 17.0. The van der Waals surface area contributed by atoms with Crippen molar-refractivity contribution in [3.8, 4) is 0 Å². The highest BCUT2D eigenvalue weighted by Crippen LogP contribution is 2.50. The first-order valence-corrected chi connectivity index (χ1v) is 16.4. The van der Waals surface area contributed by atoms with Gasteiger partial charge in [0.05, 0.1) is 19.3 Å². The largest absolute Gasteiger partial charge is 0.499 e. The Morgan fingerprint density at radius 2 is 1.21 bits per heavy atom. The van der Waals surface area contributed by atoms with Crippen LogP contribution in [0.5, 0.6) is 0 Å². The second-order valence-electron chi connectivity index (χ2n) is 9.15. The van der Waals surface area contributed by atoms with E-state index in [1.807, 2.05) is 13.1 Å². The molecule has 19 heteroatoms. The summed E-state index contributed by atoms with van der Waals surface area (Å²) in [7, 11) is -0.0430. The van der Waals surface area contributed by atoms with Gasteiger partial charge >= 0.3 is 39.0 Å². The molecule has 0 rings (SSSR count). The van der Waals surface area contributed by atoms with Crippen LogP contribution in [0, 0.1) is 0 Å². The fourth-order valence-electron chi connectivity index (χ4n) is 3.21. The molecule has 0 bridgehead atoms. The highest BCUT2D eigenvalue weighted by molar-refractivity contribution is 6.79. The van der Waals surface area contributed by atoms with Gasteiger partial charge in [-0.1, -0.05) is 25.2 Å². The third kappa shape index (κ3) is 10.1. The molecule has 0 aliphatic heterocycles. The Labute approximate surface area is 216 Å². The molecule has 0 aromatic heterocycles. The number of ether oxygens (including phenoxy) is 3. The van der Waals surface area contributed by atoms with E-state index in [0.717, 1.165) is 0 Å². The predicted molar refractivity (Wildman–Crippen MR) is 118 cm³/mol. The molecule has 7 nitrogen and oxygen atoms in total. The van der Waals surface area contributed by atoms with Crippen LogP contribution >= 0.6 is 0 Å². The van der Waals surface area contributed by atoms with Crippen molar-refractivity contribution in [3.05, 3.63) is 0 Å². The molecule has 3 unspecified atom stereocenters. The Bertz CT molecular complexity index is 698. The van der Waals surface area contributed by atoms with E-state index < -0.39 is 66.2 Å². The highest BCUT2D eigenvalue weighted by Gasteiger charge is 2.76. The van der Waals surface area contributed by atoms with Gasteiger partial charge in [-0.3, -0.25) is 4.74 Å². The zero-order valence-electron chi connectivity index (χ0n) is 21.7. The molecule has 0 fully saturated rings. The molecular weight excluding hydrogens is 586 g/mol. The van der Waals surface area contributed by atoms with E-state index in [4.69, 9.17) is 23.1 Å². The zero-order valence-corrected chi connectivity index (χ0v) is 23.7. The maximum Gasteiger partial charge on any atom is 0.499 e. The fraction of sp³-hybridized carbons (Fsp3) is 1.00. The van der Waals surface area contributed by atoms with Gasteiger partial charge in [-0.05, 0) is 6.42 Å². The predicted octanol–water partition coefficient (Wildman–Crippen LogP) is 5.44. The average molecular weight is 621 g/mol. The Hall–Kier alpha value is -0.546. The van der Waals surface area contributed by atoms with Gasteiger partial charge in [-0.25, -0.2) is 4.39 Å². The average Bonchev–Trinajstić information content (AvgIpc) is 2.77. The summed E-state index contributed by atoms with van der Waals surface area (Å²) in [5.74, 6) is -12.2. The van der Waals surface area contributed by atoms with Crippen molar-refractivity contribution in [3.63, 3.8) is 0 Å². The molecular formula is C19H34F10O7Si2. The quantitative estimate of drug-likeness (QED) is 0.124. The molecule has 38 heavy (non-hydrogen) atoms. The smallest absolute Gasteiger partial charge is 0.382 e. The summed E-state index contributed by atoms with van der Waals surface area (Å²) in [4.78, 5) is 0. The number of hydrogen-bond acceptors (Lipinski definition) is 7. The van der Waals surface area contributed by atoms with Crippen LogP contribution in [0.15, 0.2) is 0 Å². The van der Waals surface area contributed by atoms with Crippen molar-refractivity contribution in [2.75, 3.05) is 41.7 Å². The van der Waals surface area contributed by atoms with Gasteiger partial charge < -0.3 is 27.9 Å². The second kappa shape index (κ2) is 13.9. The van der Waals surface area contributed by atoms with E-state index in [9.17, 15) is 43.9 Å². The molecule has 0 spiro atoms. The minimum absolute atomic E-state index is 0.131. The molecule has 0 amide bonds. The van der Waals surface area contributed by atoms with Crippen LogP contribution in [0.25, 0.3) is 0 Å². The van der Waals surface area contributed by atoms with E-state index >= 15 is 0 Å². The first kappa shape index (κ1) is 37.5. The lowest BCUT2D eigenvalue weighted by atomic mass is 10.1. The van der Waals surface area contributed by atoms with E-state index in [0.29, 0.717) is 12.1 Å². The van der Waals surface area contributed by atoms with Crippen molar-refractivity contribution >= 4 is 16.9 Å². The van der Waals surface area contributed by atoms with Gasteiger partial charge in [-0.2, -0.15) is 39.5 Å². The summed E-state index contributed by atoms with van der Waals surface area (Å²) in [5, 5.41) is 8.54. The second-order valence-corrected chi connectivity index (χ2v) is 17.6. The number of aliphatic hydroxyl groups is 1. The molecule has 0 heterocycles. The SMILES string of the molecule is COCCOC(CC[Si](C)(C)CC[Si](OC)(OC)OC)CC(F)(OC(F)(F)C(O)(F)C(F)(F)F)C(F)(F)F. The molecule has 1 N–H and O–H groups in total. The van der Waals surface area contributed by atoms with E-state index in [2.05, 4.69) is 9.47 Å². The monoisotopic (exact) mass is 620 g/mol. The first-order valence-electron chi connectivity index (χ1n) is 11.1. The Morgan fingerprint density at radius 1 is 0.711 bits per heavy atom. The van der Waals surface area contributed by atoms with Gasteiger partial charge in [0.2, 0.25) is 0 Å². The highest BCUT2D eigenvalue weighted by atomic mass is 28.4. The standard InChI is InChI=1S/C19H34F10O7Si2/c1-31-8-9-35-14(7-10-37(5,6)11-12-38(32-2,33-3)34-4)13-15(20,17(22,23)24)36-19(28,29)16(21,30)18(25,26)27/h14,30H,7-13H2,1-6H3. The Morgan fingerprint density at radius 3 is 1.61 bits per heavy atom. The van der Waals surface area contributed by atoms with Crippen molar-refractivity contribution < 1.29 is 76.5 Å². The normalized spacial score (nSPS) is 18.2. The summed E-state index contributed by atoms with van der Waals surface area (Å²) in [6.07, 6.45) is -24.1. The minimum Gasteiger partial charge on any atom is -0.382 e. The maximum atomic E-state index is 14.9. The van der Waals surface area contributed by atoms with Crippen LogP contribution < -0.4 is 0 Å². The van der Waals surface area contributed by atoms with Crippen LogP contribution in [-0.4, -0.2) is 99.9 Å². The van der Waals surface area contributed by atoms with Gasteiger partial charge in [0, 0.05) is 49.0 Å². The minimum atomic E-state index is -6.81. The van der Waals surface area contributed by atoms with Gasteiger partial charge in [0.15, 0.2) is 0 Å². The fourth-order valence-corrected chi connectivity index (χ4v) is 9.61. The van der Waals surface area contributed by atoms with Gasteiger partial charge in [0.25, 0.3) is 0 Å². The molecule has 0 aromatic rings. The maximum absolute atomic E-state index is 14.9. The van der Waals surface area contributed by atoms with Crippen molar-refractivity contribution in [1.29, 1.82) is 0 Å². The van der Waals surface area contributed by atoms with Crippen molar-refractivity contribution in [1.82, 2.24) is 0 Å². The van der Waals surface area contributed by atoms with Crippen LogP contribution in [0.1, 0.15) is 12.8 Å². The molecule has 0 saturated carbocycles. The molecule has 0 aromatic carbocycles. The van der Waals surface area contributed by atoms with Crippen LogP contribution in [0.4, 0.5) is 43.9 Å². The molecule has 0 aliphatic carbocycles. The molecule has 0 radical (unpaired) electrons. The van der Waals surface area contributed by atoms with Crippen molar-refractivity contribution in [2.45, 2.75) is 80.3 Å². The number of hydrogen-bond donors (Lipinski definition) is 1. The van der Waals surface area contributed by atoms with Crippen LogP contribution in [-0.2, 0) is 27.5 Å². The van der Waals surface area contributed by atoms with Crippen LogP contribution in [0.3, 0.4) is 0 Å². The number of rotatable bonds is 18. The summed E-state index contributed by atoms with van der Waals surface area (Å²) in [5.41, 5.74) is 0. The summed E-state index contributed by atoms with van der Waals surface area (Å²) in [6, 6.07) is 0.906. The topological polar surface area (TPSA) is 75.6 Å². The van der Waals surface area contributed by atoms with Crippen LogP contribution in [0.2, 0.25) is 31.2 Å². The zero-order chi connectivity index (χ0) is 30.3.